The lowest BCUT2D eigenvalue weighted by Crippen LogP contribution is -2.19. The summed E-state index contributed by atoms with van der Waals surface area (Å²) in [5.74, 6) is -0.522. The summed E-state index contributed by atoms with van der Waals surface area (Å²) in [5, 5.41) is 8.60. The van der Waals surface area contributed by atoms with Crippen LogP contribution in [0.4, 0.5) is 5.69 Å². The topological polar surface area (TPSA) is 108 Å². The Hall–Kier alpha value is -2.98. The highest BCUT2D eigenvalue weighted by molar-refractivity contribution is 7.99. The molecular formula is C23H27N5O4S. The minimum atomic E-state index is -0.497. The Bertz CT molecular complexity index is 1150. The van der Waals surface area contributed by atoms with E-state index < -0.39 is 5.97 Å². The summed E-state index contributed by atoms with van der Waals surface area (Å²) < 4.78 is 12.8. The first kappa shape index (κ1) is 23.2. The molecule has 0 aliphatic carbocycles. The van der Waals surface area contributed by atoms with Crippen LogP contribution in [0.25, 0.3) is 10.9 Å². The molecule has 174 valence electrons. The Kier molecular flexibility index (Phi) is 7.24. The van der Waals surface area contributed by atoms with E-state index in [1.54, 1.807) is 23.7 Å². The first-order valence-electron chi connectivity index (χ1n) is 11.0. The van der Waals surface area contributed by atoms with Gasteiger partial charge in [0.1, 0.15) is 0 Å². The van der Waals surface area contributed by atoms with E-state index in [0.29, 0.717) is 22.8 Å². The second kappa shape index (κ2) is 10.3. The van der Waals surface area contributed by atoms with E-state index in [4.69, 9.17) is 9.47 Å². The van der Waals surface area contributed by atoms with Crippen molar-refractivity contribution in [1.29, 1.82) is 0 Å². The molecule has 33 heavy (non-hydrogen) atoms. The summed E-state index contributed by atoms with van der Waals surface area (Å²) in [5.41, 5.74) is 3.28. The molecular weight excluding hydrogens is 442 g/mol. The molecule has 1 saturated heterocycles. The van der Waals surface area contributed by atoms with Crippen LogP contribution < -0.4 is 5.32 Å². The number of fused-ring (bicyclic) bond motifs is 1. The molecule has 1 aromatic carbocycles. The van der Waals surface area contributed by atoms with Gasteiger partial charge in [0, 0.05) is 29.1 Å². The quantitative estimate of drug-likeness (QED) is 0.314. The van der Waals surface area contributed by atoms with E-state index in [0.717, 1.165) is 36.2 Å². The smallest absolute Gasteiger partial charge is 0.359 e. The van der Waals surface area contributed by atoms with Crippen LogP contribution in [0.15, 0.2) is 29.4 Å². The van der Waals surface area contributed by atoms with Crippen molar-refractivity contribution in [2.45, 2.75) is 51.4 Å². The molecule has 1 atom stereocenters. The first-order valence-corrected chi connectivity index (χ1v) is 12.0. The second-order valence-corrected chi connectivity index (χ2v) is 8.78. The van der Waals surface area contributed by atoms with Crippen molar-refractivity contribution in [2.75, 3.05) is 24.3 Å². The lowest BCUT2D eigenvalue weighted by molar-refractivity contribution is -0.113. The van der Waals surface area contributed by atoms with Crippen molar-refractivity contribution in [3.05, 3.63) is 41.3 Å². The van der Waals surface area contributed by atoms with Gasteiger partial charge in [-0.25, -0.2) is 19.4 Å². The van der Waals surface area contributed by atoms with E-state index in [1.165, 1.54) is 11.8 Å². The van der Waals surface area contributed by atoms with E-state index in [9.17, 15) is 9.59 Å². The number of aryl methyl sites for hydroxylation is 2. The van der Waals surface area contributed by atoms with Gasteiger partial charge in [-0.2, -0.15) is 5.10 Å². The van der Waals surface area contributed by atoms with Gasteiger partial charge in [-0.3, -0.25) is 4.79 Å². The number of anilines is 1. The van der Waals surface area contributed by atoms with Gasteiger partial charge in [-0.05, 0) is 64.3 Å². The van der Waals surface area contributed by atoms with Gasteiger partial charge >= 0.3 is 5.97 Å². The van der Waals surface area contributed by atoms with Crippen molar-refractivity contribution in [3.8, 4) is 0 Å². The van der Waals surface area contributed by atoms with Gasteiger partial charge in [0.25, 0.3) is 0 Å². The number of carbonyl (C=O) groups is 2. The lowest BCUT2D eigenvalue weighted by atomic mass is 10.1. The molecule has 1 aliphatic heterocycles. The fourth-order valence-corrected chi connectivity index (χ4v) is 4.54. The molecule has 4 rings (SSSR count). The fourth-order valence-electron chi connectivity index (χ4n) is 3.79. The zero-order chi connectivity index (χ0) is 23.4. The number of nitrogens with zero attached hydrogens (tertiary/aromatic N) is 4. The molecule has 2 aromatic heterocycles. The van der Waals surface area contributed by atoms with Crippen LogP contribution in [0.5, 0.6) is 0 Å². The number of carbonyl (C=O) groups excluding carboxylic acids is 2. The summed E-state index contributed by atoms with van der Waals surface area (Å²) in [4.78, 5) is 33.8. The highest BCUT2D eigenvalue weighted by Crippen LogP contribution is 2.30. The average Bonchev–Trinajstić information content (AvgIpc) is 3.17. The third kappa shape index (κ3) is 5.51. The Balaban J connectivity index is 1.54. The van der Waals surface area contributed by atoms with Crippen molar-refractivity contribution < 1.29 is 19.1 Å². The van der Waals surface area contributed by atoms with Crippen LogP contribution in [0.3, 0.4) is 0 Å². The molecule has 1 aliphatic rings. The molecule has 3 heterocycles. The van der Waals surface area contributed by atoms with Gasteiger partial charge in [0.2, 0.25) is 5.91 Å². The van der Waals surface area contributed by atoms with Crippen molar-refractivity contribution in [2.24, 2.45) is 0 Å². The molecule has 0 radical (unpaired) electrons. The number of thioether (sulfide) groups is 1. The van der Waals surface area contributed by atoms with Crippen LogP contribution in [0.2, 0.25) is 0 Å². The number of ether oxygens (including phenoxy) is 2. The van der Waals surface area contributed by atoms with Crippen molar-refractivity contribution in [1.82, 2.24) is 19.7 Å². The number of benzene rings is 1. The zero-order valence-electron chi connectivity index (χ0n) is 19.0. The zero-order valence-corrected chi connectivity index (χ0v) is 19.8. The van der Waals surface area contributed by atoms with E-state index >= 15 is 0 Å². The number of aromatic nitrogens is 4. The van der Waals surface area contributed by atoms with Crippen LogP contribution in [-0.4, -0.2) is 50.6 Å². The van der Waals surface area contributed by atoms with E-state index in [2.05, 4.69) is 20.4 Å². The number of nitrogens with one attached hydrogen (secondary N) is 1. The van der Waals surface area contributed by atoms with Crippen LogP contribution >= 0.6 is 11.8 Å². The van der Waals surface area contributed by atoms with Crippen LogP contribution in [0.1, 0.15) is 54.3 Å². The SMILES string of the molecule is CCOC(=O)c1nn(C2CCCCO2)c2ccc(NC(=O)CSc3nc(C)cc(C)n3)cc12. The Morgan fingerprint density at radius 1 is 1.21 bits per heavy atom. The number of esters is 1. The van der Waals surface area contributed by atoms with Gasteiger partial charge in [-0.1, -0.05) is 11.8 Å². The highest BCUT2D eigenvalue weighted by Gasteiger charge is 2.25. The van der Waals surface area contributed by atoms with Gasteiger partial charge < -0.3 is 14.8 Å². The summed E-state index contributed by atoms with van der Waals surface area (Å²) >= 11 is 1.28. The van der Waals surface area contributed by atoms with Gasteiger partial charge in [0.15, 0.2) is 17.1 Å². The number of hydrogen-bond donors (Lipinski definition) is 1. The van der Waals surface area contributed by atoms with Gasteiger partial charge in [-0.15, -0.1) is 0 Å². The molecule has 10 heteroatoms. The molecule has 1 unspecified atom stereocenters. The van der Waals surface area contributed by atoms with Crippen LogP contribution in [-0.2, 0) is 14.3 Å². The summed E-state index contributed by atoms with van der Waals surface area (Å²) in [6.07, 6.45) is 2.66. The summed E-state index contributed by atoms with van der Waals surface area (Å²) in [7, 11) is 0. The predicted molar refractivity (Wildman–Crippen MR) is 125 cm³/mol. The molecule has 0 spiro atoms. The Morgan fingerprint density at radius 2 is 2.00 bits per heavy atom. The Labute approximate surface area is 196 Å². The minimum absolute atomic E-state index is 0.167. The predicted octanol–water partition coefficient (Wildman–Crippen LogP) is 4.05. The first-order chi connectivity index (χ1) is 15.9. The van der Waals surface area contributed by atoms with Crippen LogP contribution in [0, 0.1) is 13.8 Å². The third-order valence-corrected chi connectivity index (χ3v) is 6.03. The third-order valence-electron chi connectivity index (χ3n) is 5.18. The number of rotatable bonds is 7. The maximum absolute atomic E-state index is 12.6. The largest absolute Gasteiger partial charge is 0.461 e. The standard InChI is InChI=1S/C23H27N5O4S/c1-4-31-22(30)21-17-12-16(8-9-18(17)28(27-21)20-7-5-6-10-32-20)26-19(29)13-33-23-24-14(2)11-15(3)25-23/h8-9,11-12,20H,4-7,10,13H2,1-3H3,(H,26,29). The lowest BCUT2D eigenvalue weighted by Gasteiger charge is -2.23. The fraction of sp³-hybridized carbons (Fsp3) is 0.435. The van der Waals surface area contributed by atoms with Crippen molar-refractivity contribution in [3.63, 3.8) is 0 Å². The molecule has 0 bridgehead atoms. The van der Waals surface area contributed by atoms with E-state index in [1.807, 2.05) is 26.0 Å². The normalized spacial score (nSPS) is 16.0. The number of amides is 1. The number of hydrogen-bond acceptors (Lipinski definition) is 8. The highest BCUT2D eigenvalue weighted by atomic mass is 32.2. The molecule has 1 amide bonds. The Morgan fingerprint density at radius 3 is 2.70 bits per heavy atom. The summed E-state index contributed by atoms with van der Waals surface area (Å²) in [6.45, 7) is 6.46. The maximum Gasteiger partial charge on any atom is 0.359 e. The second-order valence-electron chi connectivity index (χ2n) is 7.84. The molecule has 1 fully saturated rings. The van der Waals surface area contributed by atoms with Gasteiger partial charge in [0.05, 0.1) is 17.9 Å². The molecule has 3 aromatic rings. The maximum atomic E-state index is 12.6. The van der Waals surface area contributed by atoms with Crippen molar-refractivity contribution >= 4 is 40.2 Å². The minimum Gasteiger partial charge on any atom is -0.461 e. The molecule has 1 N–H and O–H groups in total. The summed E-state index contributed by atoms with van der Waals surface area (Å²) in [6, 6.07) is 7.29. The molecule has 0 saturated carbocycles. The molecule has 9 nitrogen and oxygen atoms in total. The van der Waals surface area contributed by atoms with E-state index in [-0.39, 0.29) is 30.2 Å². The average molecular weight is 470 g/mol. The monoisotopic (exact) mass is 469 g/mol.